The van der Waals surface area contributed by atoms with Gasteiger partial charge in [0.2, 0.25) is 0 Å². The third kappa shape index (κ3) is 3.78. The summed E-state index contributed by atoms with van der Waals surface area (Å²) in [5, 5.41) is 11.1. The van der Waals surface area contributed by atoms with Crippen LogP contribution in [0.25, 0.3) is 11.3 Å². The van der Waals surface area contributed by atoms with Crippen LogP contribution in [-0.2, 0) is 0 Å². The highest BCUT2D eigenvalue weighted by Crippen LogP contribution is 2.37. The molecule has 2 aromatic carbocycles. The molecular formula is C21H21FN4O3. The van der Waals surface area contributed by atoms with E-state index in [0.717, 1.165) is 36.0 Å². The van der Waals surface area contributed by atoms with Crippen LogP contribution in [0.5, 0.6) is 5.75 Å². The lowest BCUT2D eigenvalue weighted by molar-refractivity contribution is -0.385. The number of hydrogen-bond acceptors (Lipinski definition) is 5. The van der Waals surface area contributed by atoms with Crippen LogP contribution in [0, 0.1) is 15.9 Å². The van der Waals surface area contributed by atoms with Gasteiger partial charge in [-0.2, -0.15) is 0 Å². The lowest BCUT2D eigenvalue weighted by Gasteiger charge is -2.33. The van der Waals surface area contributed by atoms with E-state index in [4.69, 9.17) is 4.74 Å². The van der Waals surface area contributed by atoms with Crippen molar-refractivity contribution >= 4 is 11.4 Å². The highest BCUT2D eigenvalue weighted by Gasteiger charge is 2.28. The van der Waals surface area contributed by atoms with Crippen molar-refractivity contribution in [2.75, 3.05) is 25.1 Å². The number of nitrogens with one attached hydrogen (secondary N) is 1. The van der Waals surface area contributed by atoms with Gasteiger partial charge in [0.15, 0.2) is 11.6 Å². The molecule has 1 aliphatic rings. The fourth-order valence-corrected chi connectivity index (χ4v) is 3.81. The van der Waals surface area contributed by atoms with Crippen molar-refractivity contribution in [2.24, 2.45) is 0 Å². The summed E-state index contributed by atoms with van der Waals surface area (Å²) in [6.07, 6.45) is 3.62. The van der Waals surface area contributed by atoms with Gasteiger partial charge < -0.3 is 14.6 Å². The summed E-state index contributed by atoms with van der Waals surface area (Å²) in [7, 11) is 1.34. The molecule has 1 aromatic heterocycles. The number of nitrogens with zero attached hydrogens (tertiary/aromatic N) is 3. The maximum atomic E-state index is 14.6. The minimum Gasteiger partial charge on any atom is -0.490 e. The maximum Gasteiger partial charge on any atom is 0.313 e. The zero-order chi connectivity index (χ0) is 20.4. The lowest BCUT2D eigenvalue weighted by Crippen LogP contribution is -2.35. The molecule has 29 heavy (non-hydrogen) atoms. The van der Waals surface area contributed by atoms with Crippen LogP contribution in [0.4, 0.5) is 15.8 Å². The number of hydrogen-bond donors (Lipinski definition) is 1. The molecule has 0 spiro atoms. The zero-order valence-electron chi connectivity index (χ0n) is 16.0. The Morgan fingerprint density at radius 2 is 2.10 bits per heavy atom. The van der Waals surface area contributed by atoms with Crippen molar-refractivity contribution in [1.82, 2.24) is 9.97 Å². The number of anilines is 1. The molecule has 4 rings (SSSR count). The fourth-order valence-electron chi connectivity index (χ4n) is 3.81. The molecule has 1 aliphatic heterocycles. The van der Waals surface area contributed by atoms with Crippen molar-refractivity contribution in [2.45, 2.75) is 18.8 Å². The summed E-state index contributed by atoms with van der Waals surface area (Å²) in [5.41, 5.74) is 1.94. The first-order valence-electron chi connectivity index (χ1n) is 9.44. The molecule has 1 saturated heterocycles. The van der Waals surface area contributed by atoms with E-state index in [1.54, 1.807) is 0 Å². The number of ether oxygens (including phenoxy) is 1. The molecule has 0 saturated carbocycles. The third-order valence-electron chi connectivity index (χ3n) is 5.27. The highest BCUT2D eigenvalue weighted by molar-refractivity contribution is 5.61. The first-order chi connectivity index (χ1) is 14.1. The number of methoxy groups -OCH3 is 1. The van der Waals surface area contributed by atoms with E-state index in [9.17, 15) is 14.5 Å². The summed E-state index contributed by atoms with van der Waals surface area (Å²) < 4.78 is 19.7. The van der Waals surface area contributed by atoms with Crippen LogP contribution in [0.3, 0.4) is 0 Å². The van der Waals surface area contributed by atoms with Gasteiger partial charge >= 0.3 is 5.69 Å². The molecule has 1 unspecified atom stereocenters. The Balaban J connectivity index is 1.58. The van der Waals surface area contributed by atoms with Gasteiger partial charge in [-0.05, 0) is 18.4 Å². The number of aromatic amines is 1. The van der Waals surface area contributed by atoms with Crippen LogP contribution in [-0.4, -0.2) is 35.1 Å². The molecule has 2 heterocycles. The van der Waals surface area contributed by atoms with Crippen LogP contribution < -0.4 is 9.64 Å². The second-order valence-corrected chi connectivity index (χ2v) is 7.07. The third-order valence-corrected chi connectivity index (χ3v) is 5.27. The second kappa shape index (κ2) is 7.90. The van der Waals surface area contributed by atoms with E-state index < -0.39 is 10.7 Å². The number of imidazole rings is 1. The SMILES string of the molecule is COc1cc(N2CCCC(c3ncc(-c4ccccc4)[nH]3)C2)c(F)cc1[N+](=O)[O-]. The molecule has 0 bridgehead atoms. The number of nitro benzene ring substituents is 1. The Hall–Kier alpha value is -3.42. The van der Waals surface area contributed by atoms with Crippen molar-refractivity contribution in [3.63, 3.8) is 0 Å². The number of rotatable bonds is 5. The van der Waals surface area contributed by atoms with Crippen LogP contribution in [0.1, 0.15) is 24.6 Å². The van der Waals surface area contributed by atoms with E-state index in [0.29, 0.717) is 18.8 Å². The average molecular weight is 396 g/mol. The summed E-state index contributed by atoms with van der Waals surface area (Å²) in [5.74, 6) is 0.407. The van der Waals surface area contributed by atoms with Crippen molar-refractivity contribution in [1.29, 1.82) is 0 Å². The lowest BCUT2D eigenvalue weighted by atomic mass is 9.96. The number of benzene rings is 2. The highest BCUT2D eigenvalue weighted by atomic mass is 19.1. The average Bonchev–Trinajstić information content (AvgIpc) is 3.24. The molecule has 0 radical (unpaired) electrons. The van der Waals surface area contributed by atoms with Gasteiger partial charge in [-0.3, -0.25) is 10.1 Å². The minimum absolute atomic E-state index is 0.0536. The molecule has 1 atom stereocenters. The predicted octanol–water partition coefficient (Wildman–Crippen LogP) is 4.52. The molecule has 0 amide bonds. The molecule has 0 aliphatic carbocycles. The van der Waals surface area contributed by atoms with Crippen molar-refractivity contribution in [3.05, 3.63) is 70.4 Å². The normalized spacial score (nSPS) is 16.6. The Morgan fingerprint density at radius 3 is 2.83 bits per heavy atom. The summed E-state index contributed by atoms with van der Waals surface area (Å²) in [6.45, 7) is 1.24. The van der Waals surface area contributed by atoms with Gasteiger partial charge in [0.25, 0.3) is 0 Å². The summed E-state index contributed by atoms with van der Waals surface area (Å²) in [6, 6.07) is 12.3. The van der Waals surface area contributed by atoms with Gasteiger partial charge in [0.1, 0.15) is 5.82 Å². The quantitative estimate of drug-likeness (QED) is 0.506. The number of piperidine rings is 1. The Labute approximate surface area is 167 Å². The maximum absolute atomic E-state index is 14.6. The van der Waals surface area contributed by atoms with E-state index in [2.05, 4.69) is 9.97 Å². The van der Waals surface area contributed by atoms with Crippen LogP contribution >= 0.6 is 0 Å². The van der Waals surface area contributed by atoms with Gasteiger partial charge in [-0.25, -0.2) is 9.37 Å². The Morgan fingerprint density at radius 1 is 1.31 bits per heavy atom. The van der Waals surface area contributed by atoms with Gasteiger partial charge in [-0.1, -0.05) is 30.3 Å². The minimum atomic E-state index is -0.640. The van der Waals surface area contributed by atoms with E-state index in [1.807, 2.05) is 41.4 Å². The number of halogens is 1. The van der Waals surface area contributed by atoms with Gasteiger partial charge in [0.05, 0.1) is 35.7 Å². The smallest absolute Gasteiger partial charge is 0.313 e. The predicted molar refractivity (Wildman–Crippen MR) is 108 cm³/mol. The topological polar surface area (TPSA) is 84.3 Å². The summed E-state index contributed by atoms with van der Waals surface area (Å²) >= 11 is 0. The van der Waals surface area contributed by atoms with E-state index in [1.165, 1.54) is 13.2 Å². The second-order valence-electron chi connectivity index (χ2n) is 7.07. The zero-order valence-corrected chi connectivity index (χ0v) is 16.0. The molecular weight excluding hydrogens is 375 g/mol. The standard InChI is InChI=1S/C21H21FN4O3/c1-29-20-11-18(16(22)10-19(20)26(27)28)25-9-5-8-15(13-25)21-23-12-17(24-21)14-6-3-2-4-7-14/h2-4,6-7,10-12,15H,5,8-9,13H2,1H3,(H,23,24). The monoisotopic (exact) mass is 396 g/mol. The van der Waals surface area contributed by atoms with Gasteiger partial charge in [-0.15, -0.1) is 0 Å². The molecule has 1 N–H and O–H groups in total. The fraction of sp³-hybridized carbons (Fsp3) is 0.286. The molecule has 8 heteroatoms. The molecule has 3 aromatic rings. The number of nitro groups is 1. The van der Waals surface area contributed by atoms with Crippen molar-refractivity contribution in [3.8, 4) is 17.0 Å². The molecule has 1 fully saturated rings. The number of aromatic nitrogens is 2. The van der Waals surface area contributed by atoms with E-state index >= 15 is 0 Å². The Kier molecular flexibility index (Phi) is 5.16. The number of H-pyrrole nitrogens is 1. The van der Waals surface area contributed by atoms with Crippen LogP contribution in [0.2, 0.25) is 0 Å². The van der Waals surface area contributed by atoms with Gasteiger partial charge in [0, 0.05) is 25.1 Å². The van der Waals surface area contributed by atoms with Crippen LogP contribution in [0.15, 0.2) is 48.7 Å². The largest absolute Gasteiger partial charge is 0.490 e. The molecule has 150 valence electrons. The Bertz CT molecular complexity index is 1020. The molecule has 7 nitrogen and oxygen atoms in total. The first-order valence-corrected chi connectivity index (χ1v) is 9.44. The summed E-state index contributed by atoms with van der Waals surface area (Å²) in [4.78, 5) is 20.3. The first kappa shape index (κ1) is 18.9. The van der Waals surface area contributed by atoms with Crippen molar-refractivity contribution < 1.29 is 14.1 Å². The van der Waals surface area contributed by atoms with E-state index in [-0.39, 0.29) is 17.4 Å².